The fourth-order valence-electron chi connectivity index (χ4n) is 4.54. The lowest BCUT2D eigenvalue weighted by Gasteiger charge is -2.25. The molecule has 5 rings (SSSR count). The Bertz CT molecular complexity index is 1420. The van der Waals surface area contributed by atoms with Crippen molar-refractivity contribution in [2.24, 2.45) is 0 Å². The van der Waals surface area contributed by atoms with Crippen LogP contribution in [0.5, 0.6) is 17.2 Å². The molecule has 0 fully saturated rings. The number of aromatic nitrogens is 1. The summed E-state index contributed by atoms with van der Waals surface area (Å²) in [4.78, 5) is 21.7. The summed E-state index contributed by atoms with van der Waals surface area (Å²) in [6.07, 6.45) is 4.21. The number of thiophene rings is 1. The molecule has 0 spiro atoms. The molecule has 0 bridgehead atoms. The largest absolute Gasteiger partial charge is 0.493 e. The topological polar surface area (TPSA) is 72.9 Å². The van der Waals surface area contributed by atoms with Crippen LogP contribution in [0.3, 0.4) is 0 Å². The standard InChI is InChI=1S/C28H29N3O4S2/c1-5-31-13-12-18-23(16-31)37-28(25(18)27-29-19-8-6-7-9-22(19)36-27)30-24(32)11-10-17-14-20(33-2)26(35-4)21(15-17)34-3/h6-11,14-15H,5,12-13,16H2,1-4H3,(H,30,32)/b11-10+. The number of hydrogen-bond donors (Lipinski definition) is 1. The van der Waals surface area contributed by atoms with Crippen molar-refractivity contribution in [1.82, 2.24) is 9.88 Å². The van der Waals surface area contributed by atoms with E-state index in [4.69, 9.17) is 19.2 Å². The van der Waals surface area contributed by atoms with Crippen molar-refractivity contribution in [1.29, 1.82) is 0 Å². The monoisotopic (exact) mass is 535 g/mol. The number of nitrogens with one attached hydrogen (secondary N) is 1. The van der Waals surface area contributed by atoms with Crippen LogP contribution in [0.1, 0.15) is 22.9 Å². The van der Waals surface area contributed by atoms with Gasteiger partial charge in [0.05, 0.1) is 31.5 Å². The van der Waals surface area contributed by atoms with Gasteiger partial charge in [-0.3, -0.25) is 9.69 Å². The summed E-state index contributed by atoms with van der Waals surface area (Å²) >= 11 is 3.33. The molecule has 0 atom stereocenters. The van der Waals surface area contributed by atoms with Crippen LogP contribution >= 0.6 is 22.7 Å². The molecule has 0 aliphatic carbocycles. The average molecular weight is 536 g/mol. The molecule has 1 N–H and O–H groups in total. The van der Waals surface area contributed by atoms with Crippen LogP contribution in [-0.4, -0.2) is 50.2 Å². The zero-order chi connectivity index (χ0) is 25.9. The van der Waals surface area contributed by atoms with Crippen LogP contribution in [0.15, 0.2) is 42.5 Å². The summed E-state index contributed by atoms with van der Waals surface area (Å²) in [5.74, 6) is 1.37. The van der Waals surface area contributed by atoms with Gasteiger partial charge in [-0.1, -0.05) is 19.1 Å². The normalized spacial score (nSPS) is 13.6. The number of fused-ring (bicyclic) bond motifs is 2. The van der Waals surface area contributed by atoms with E-state index in [0.717, 1.165) is 57.4 Å². The highest BCUT2D eigenvalue weighted by atomic mass is 32.1. The Morgan fingerprint density at radius 2 is 1.86 bits per heavy atom. The Balaban J connectivity index is 1.46. The number of hydrogen-bond acceptors (Lipinski definition) is 8. The summed E-state index contributed by atoms with van der Waals surface area (Å²) in [7, 11) is 4.70. The molecule has 9 heteroatoms. The predicted molar refractivity (Wildman–Crippen MR) is 151 cm³/mol. The van der Waals surface area contributed by atoms with Gasteiger partial charge in [-0.05, 0) is 54.4 Å². The van der Waals surface area contributed by atoms with E-state index in [1.165, 1.54) is 16.5 Å². The van der Waals surface area contributed by atoms with Crippen LogP contribution in [0.4, 0.5) is 5.00 Å². The number of methoxy groups -OCH3 is 3. The number of rotatable bonds is 8. The number of carbonyl (C=O) groups excluding carboxylic acids is 1. The van der Waals surface area contributed by atoms with Crippen LogP contribution in [0.25, 0.3) is 26.9 Å². The van der Waals surface area contributed by atoms with Crippen LogP contribution in [-0.2, 0) is 17.8 Å². The van der Waals surface area contributed by atoms with Gasteiger partial charge in [-0.2, -0.15) is 0 Å². The quantitative estimate of drug-likeness (QED) is 0.276. The minimum Gasteiger partial charge on any atom is -0.493 e. The van der Waals surface area contributed by atoms with Crippen LogP contribution in [0, 0.1) is 0 Å². The predicted octanol–water partition coefficient (Wildman–Crippen LogP) is 6.08. The lowest BCUT2D eigenvalue weighted by atomic mass is 10.0. The SMILES string of the molecule is CCN1CCc2c(sc(NC(=O)/C=C/c3cc(OC)c(OC)c(OC)c3)c2-c2nc3ccccc3s2)C1. The second-order valence-corrected chi connectivity index (χ2v) is 10.7. The molecule has 2 aromatic heterocycles. The fourth-order valence-corrected chi connectivity index (χ4v) is 6.95. The third kappa shape index (κ3) is 5.07. The molecule has 37 heavy (non-hydrogen) atoms. The van der Waals surface area contributed by atoms with E-state index in [1.807, 2.05) is 18.2 Å². The van der Waals surface area contributed by atoms with Crippen molar-refractivity contribution in [3.8, 4) is 27.8 Å². The Morgan fingerprint density at radius 1 is 1.11 bits per heavy atom. The van der Waals surface area contributed by atoms with E-state index >= 15 is 0 Å². The number of anilines is 1. The fraction of sp³-hybridized carbons (Fsp3) is 0.286. The van der Waals surface area contributed by atoms with E-state index in [2.05, 4.69) is 23.2 Å². The molecule has 0 saturated carbocycles. The molecule has 0 saturated heterocycles. The van der Waals surface area contributed by atoms with Gasteiger partial charge in [-0.25, -0.2) is 4.98 Å². The Hall–Kier alpha value is -3.40. The van der Waals surface area contributed by atoms with Crippen molar-refractivity contribution < 1.29 is 19.0 Å². The van der Waals surface area contributed by atoms with E-state index in [9.17, 15) is 4.79 Å². The minimum absolute atomic E-state index is 0.206. The van der Waals surface area contributed by atoms with Gasteiger partial charge in [0.15, 0.2) is 11.5 Å². The Kier molecular flexibility index (Phi) is 7.45. The maximum atomic E-state index is 13.1. The molecule has 2 aromatic carbocycles. The number of amides is 1. The maximum Gasteiger partial charge on any atom is 0.249 e. The molecule has 0 radical (unpaired) electrons. The minimum atomic E-state index is -0.206. The van der Waals surface area contributed by atoms with Gasteiger partial charge < -0.3 is 19.5 Å². The van der Waals surface area contributed by atoms with Crippen molar-refractivity contribution in [2.75, 3.05) is 39.7 Å². The smallest absolute Gasteiger partial charge is 0.249 e. The number of para-hydroxylation sites is 1. The van der Waals surface area contributed by atoms with Crippen molar-refractivity contribution in [2.45, 2.75) is 19.9 Å². The lowest BCUT2D eigenvalue weighted by Crippen LogP contribution is -2.29. The zero-order valence-electron chi connectivity index (χ0n) is 21.3. The van der Waals surface area contributed by atoms with Gasteiger partial charge in [0.2, 0.25) is 11.7 Å². The van der Waals surface area contributed by atoms with Crippen molar-refractivity contribution in [3.63, 3.8) is 0 Å². The van der Waals surface area contributed by atoms with Gasteiger partial charge in [-0.15, -0.1) is 22.7 Å². The number of ether oxygens (including phenoxy) is 3. The Labute approximate surface area is 224 Å². The molecule has 0 unspecified atom stereocenters. The lowest BCUT2D eigenvalue weighted by molar-refractivity contribution is -0.111. The molecular formula is C28H29N3O4S2. The first-order valence-corrected chi connectivity index (χ1v) is 13.7. The Morgan fingerprint density at radius 3 is 2.54 bits per heavy atom. The molecule has 1 amide bonds. The molecular weight excluding hydrogens is 506 g/mol. The van der Waals surface area contributed by atoms with Gasteiger partial charge in [0.25, 0.3) is 0 Å². The molecule has 3 heterocycles. The van der Waals surface area contributed by atoms with Gasteiger partial charge in [0, 0.05) is 29.6 Å². The van der Waals surface area contributed by atoms with E-state index in [0.29, 0.717) is 17.2 Å². The third-order valence-electron chi connectivity index (χ3n) is 6.44. The highest BCUT2D eigenvalue weighted by Gasteiger charge is 2.27. The summed E-state index contributed by atoms with van der Waals surface area (Å²) in [6, 6.07) is 11.8. The van der Waals surface area contributed by atoms with Gasteiger partial charge >= 0.3 is 0 Å². The summed E-state index contributed by atoms with van der Waals surface area (Å²) in [6.45, 7) is 5.09. The number of thiazole rings is 1. The number of likely N-dealkylation sites (N-methyl/N-ethyl adjacent to an activating group) is 1. The third-order valence-corrected chi connectivity index (χ3v) is 8.63. The van der Waals surface area contributed by atoms with Crippen LogP contribution < -0.4 is 19.5 Å². The average Bonchev–Trinajstić information content (AvgIpc) is 3.51. The van der Waals surface area contributed by atoms with E-state index in [-0.39, 0.29) is 5.91 Å². The van der Waals surface area contributed by atoms with Crippen molar-refractivity contribution in [3.05, 3.63) is 58.5 Å². The first kappa shape index (κ1) is 25.3. The molecule has 192 valence electrons. The van der Waals surface area contributed by atoms with E-state index < -0.39 is 0 Å². The zero-order valence-corrected chi connectivity index (χ0v) is 22.9. The summed E-state index contributed by atoms with van der Waals surface area (Å²) in [5.41, 5.74) is 4.11. The molecule has 1 aliphatic heterocycles. The second kappa shape index (κ2) is 10.9. The molecule has 1 aliphatic rings. The van der Waals surface area contributed by atoms with E-state index in [1.54, 1.807) is 62.2 Å². The first-order chi connectivity index (χ1) is 18.0. The molecule has 4 aromatic rings. The van der Waals surface area contributed by atoms with Crippen LogP contribution in [0.2, 0.25) is 0 Å². The number of benzene rings is 2. The maximum absolute atomic E-state index is 13.1. The summed E-state index contributed by atoms with van der Waals surface area (Å²) in [5, 5.41) is 4.95. The highest BCUT2D eigenvalue weighted by molar-refractivity contribution is 7.23. The summed E-state index contributed by atoms with van der Waals surface area (Å²) < 4.78 is 17.4. The van der Waals surface area contributed by atoms with Crippen molar-refractivity contribution >= 4 is 49.9 Å². The molecule has 7 nitrogen and oxygen atoms in total. The number of carbonyl (C=O) groups is 1. The highest BCUT2D eigenvalue weighted by Crippen LogP contribution is 2.45. The van der Waals surface area contributed by atoms with Gasteiger partial charge in [0.1, 0.15) is 10.0 Å². The first-order valence-electron chi connectivity index (χ1n) is 12.1. The second-order valence-electron chi connectivity index (χ2n) is 8.59. The number of nitrogens with zero attached hydrogens (tertiary/aromatic N) is 2.